The minimum Gasteiger partial charge on any atom is -0.489 e. The zero-order chi connectivity index (χ0) is 23.1. The molecule has 0 atom stereocenters. The van der Waals surface area contributed by atoms with Crippen LogP contribution in [0.2, 0.25) is 0 Å². The standard InChI is InChI=1S/C29H20O5/c1-31-29(30)19(14-18-10-12-27-23(15-18)21-6-2-4-8-25(21)33-27)17-32-20-11-13-28-24(16-20)22-7-3-5-9-26(22)34-28/h2-16H,17H2,1H3/b19-14+. The van der Waals surface area contributed by atoms with Crippen LogP contribution < -0.4 is 4.74 Å². The summed E-state index contributed by atoms with van der Waals surface area (Å²) in [4.78, 5) is 12.5. The number of benzene rings is 4. The topological polar surface area (TPSA) is 61.8 Å². The van der Waals surface area contributed by atoms with Gasteiger partial charge in [-0.3, -0.25) is 0 Å². The van der Waals surface area contributed by atoms with Crippen molar-refractivity contribution in [3.8, 4) is 5.75 Å². The van der Waals surface area contributed by atoms with Crippen LogP contribution in [0.4, 0.5) is 0 Å². The van der Waals surface area contributed by atoms with Crippen LogP contribution in [0.5, 0.6) is 5.75 Å². The number of hydrogen-bond donors (Lipinski definition) is 0. The second-order valence-corrected chi connectivity index (χ2v) is 8.06. The highest BCUT2D eigenvalue weighted by Gasteiger charge is 2.14. The number of carbonyl (C=O) groups excluding carboxylic acids is 1. The number of esters is 1. The maximum atomic E-state index is 12.5. The van der Waals surface area contributed by atoms with Crippen LogP contribution in [0.1, 0.15) is 5.56 Å². The van der Waals surface area contributed by atoms with Gasteiger partial charge in [0.1, 0.15) is 34.7 Å². The van der Waals surface area contributed by atoms with Gasteiger partial charge in [-0.1, -0.05) is 42.5 Å². The van der Waals surface area contributed by atoms with Gasteiger partial charge in [0.2, 0.25) is 0 Å². The lowest BCUT2D eigenvalue weighted by atomic mass is 10.1. The summed E-state index contributed by atoms with van der Waals surface area (Å²) in [6, 6.07) is 27.2. The average molecular weight is 448 g/mol. The fourth-order valence-corrected chi connectivity index (χ4v) is 4.28. The maximum absolute atomic E-state index is 12.5. The lowest BCUT2D eigenvalue weighted by molar-refractivity contribution is -0.136. The van der Waals surface area contributed by atoms with Crippen molar-refractivity contribution in [2.24, 2.45) is 0 Å². The van der Waals surface area contributed by atoms with E-state index >= 15 is 0 Å². The summed E-state index contributed by atoms with van der Waals surface area (Å²) < 4.78 is 22.8. The zero-order valence-corrected chi connectivity index (χ0v) is 18.4. The van der Waals surface area contributed by atoms with Crippen LogP contribution in [0.3, 0.4) is 0 Å². The van der Waals surface area contributed by atoms with Crippen molar-refractivity contribution in [1.29, 1.82) is 0 Å². The highest BCUT2D eigenvalue weighted by Crippen LogP contribution is 2.32. The summed E-state index contributed by atoms with van der Waals surface area (Å²) >= 11 is 0. The molecule has 0 unspecified atom stereocenters. The van der Waals surface area contributed by atoms with Crippen molar-refractivity contribution in [2.75, 3.05) is 13.7 Å². The summed E-state index contributed by atoms with van der Waals surface area (Å²) in [6.07, 6.45) is 1.79. The largest absolute Gasteiger partial charge is 0.489 e. The fraction of sp³-hybridized carbons (Fsp3) is 0.0690. The first-order chi connectivity index (χ1) is 16.7. The molecule has 166 valence electrons. The smallest absolute Gasteiger partial charge is 0.337 e. The monoisotopic (exact) mass is 448 g/mol. The Kier molecular flexibility index (Phi) is 4.81. The summed E-state index contributed by atoms with van der Waals surface area (Å²) in [6.45, 7) is 0.0676. The fourth-order valence-electron chi connectivity index (χ4n) is 4.28. The second-order valence-electron chi connectivity index (χ2n) is 8.06. The molecule has 6 aromatic rings. The molecular formula is C29H20O5. The van der Waals surface area contributed by atoms with Gasteiger partial charge >= 0.3 is 5.97 Å². The first-order valence-electron chi connectivity index (χ1n) is 10.9. The molecule has 0 bridgehead atoms. The molecule has 0 aliphatic heterocycles. The third-order valence-electron chi connectivity index (χ3n) is 5.93. The lowest BCUT2D eigenvalue weighted by Gasteiger charge is -2.09. The molecule has 6 rings (SSSR count). The van der Waals surface area contributed by atoms with Gasteiger partial charge in [-0.25, -0.2) is 4.79 Å². The molecule has 0 fully saturated rings. The van der Waals surface area contributed by atoms with E-state index in [-0.39, 0.29) is 6.61 Å². The first kappa shape index (κ1) is 20.1. The molecule has 0 radical (unpaired) electrons. The Morgan fingerprint density at radius 1 is 0.735 bits per heavy atom. The minimum absolute atomic E-state index is 0.0676. The quantitative estimate of drug-likeness (QED) is 0.208. The van der Waals surface area contributed by atoms with Gasteiger partial charge in [-0.15, -0.1) is 0 Å². The average Bonchev–Trinajstić information content (AvgIpc) is 3.43. The van der Waals surface area contributed by atoms with Gasteiger partial charge < -0.3 is 18.3 Å². The number of fused-ring (bicyclic) bond motifs is 6. The minimum atomic E-state index is -0.438. The van der Waals surface area contributed by atoms with Crippen LogP contribution in [0.15, 0.2) is 99.3 Å². The molecule has 0 saturated heterocycles. The van der Waals surface area contributed by atoms with Gasteiger partial charge in [0.05, 0.1) is 12.7 Å². The number of furan rings is 2. The Bertz CT molecular complexity index is 1720. The summed E-state index contributed by atoms with van der Waals surface area (Å²) in [5.74, 6) is 0.206. The molecule has 2 aromatic heterocycles. The molecule has 0 amide bonds. The molecule has 0 spiro atoms. The van der Waals surface area contributed by atoms with Crippen LogP contribution in [0, 0.1) is 0 Å². The number of ether oxygens (including phenoxy) is 2. The van der Waals surface area contributed by atoms with E-state index < -0.39 is 5.97 Å². The Labute approximate surface area is 194 Å². The number of para-hydroxylation sites is 2. The molecule has 5 heteroatoms. The summed E-state index contributed by atoms with van der Waals surface area (Å²) in [5, 5.41) is 4.01. The van der Waals surface area contributed by atoms with E-state index in [1.165, 1.54) is 7.11 Å². The van der Waals surface area contributed by atoms with Crippen molar-refractivity contribution < 1.29 is 23.1 Å². The molecular weight excluding hydrogens is 428 g/mol. The van der Waals surface area contributed by atoms with E-state index in [9.17, 15) is 4.79 Å². The SMILES string of the molecule is COC(=O)/C(=C/c1ccc2oc3ccccc3c2c1)COc1ccc2oc3ccccc3c2c1. The van der Waals surface area contributed by atoms with Crippen molar-refractivity contribution in [1.82, 2.24) is 0 Å². The third kappa shape index (κ3) is 3.48. The molecule has 0 aliphatic carbocycles. The molecule has 0 saturated carbocycles. The Morgan fingerprint density at radius 3 is 2.00 bits per heavy atom. The van der Waals surface area contributed by atoms with Crippen molar-refractivity contribution >= 4 is 55.9 Å². The zero-order valence-electron chi connectivity index (χ0n) is 18.4. The van der Waals surface area contributed by atoms with E-state index in [1.54, 1.807) is 6.08 Å². The van der Waals surface area contributed by atoms with E-state index in [2.05, 4.69) is 0 Å². The summed E-state index contributed by atoms with van der Waals surface area (Å²) in [7, 11) is 1.37. The molecule has 5 nitrogen and oxygen atoms in total. The second kappa shape index (κ2) is 8.12. The van der Waals surface area contributed by atoms with Crippen LogP contribution in [-0.2, 0) is 9.53 Å². The van der Waals surface area contributed by atoms with Gasteiger partial charge in [0, 0.05) is 21.5 Å². The van der Waals surface area contributed by atoms with E-state index in [1.807, 2.05) is 84.9 Å². The van der Waals surface area contributed by atoms with Crippen LogP contribution in [-0.4, -0.2) is 19.7 Å². The number of rotatable bonds is 5. The molecule has 2 heterocycles. The van der Waals surface area contributed by atoms with Crippen molar-refractivity contribution in [2.45, 2.75) is 0 Å². The predicted molar refractivity (Wildman–Crippen MR) is 133 cm³/mol. The van der Waals surface area contributed by atoms with Gasteiger partial charge in [-0.2, -0.15) is 0 Å². The van der Waals surface area contributed by atoms with Crippen molar-refractivity contribution in [3.05, 3.63) is 96.1 Å². The maximum Gasteiger partial charge on any atom is 0.337 e. The van der Waals surface area contributed by atoms with Crippen LogP contribution in [0.25, 0.3) is 50.0 Å². The summed E-state index contributed by atoms with van der Waals surface area (Å²) in [5.41, 5.74) is 4.52. The number of hydrogen-bond acceptors (Lipinski definition) is 5. The molecule has 0 aliphatic rings. The number of carbonyl (C=O) groups is 1. The Morgan fingerprint density at radius 2 is 1.32 bits per heavy atom. The van der Waals surface area contributed by atoms with E-state index in [4.69, 9.17) is 18.3 Å². The highest BCUT2D eigenvalue weighted by atomic mass is 16.5. The van der Waals surface area contributed by atoms with Crippen LogP contribution >= 0.6 is 0 Å². The molecule has 4 aromatic carbocycles. The highest BCUT2D eigenvalue weighted by molar-refractivity contribution is 6.06. The predicted octanol–water partition coefficient (Wildman–Crippen LogP) is 7.12. The Balaban J connectivity index is 1.32. The van der Waals surface area contributed by atoms with Crippen molar-refractivity contribution in [3.63, 3.8) is 0 Å². The van der Waals surface area contributed by atoms with Gasteiger partial charge in [-0.05, 0) is 54.1 Å². The van der Waals surface area contributed by atoms with E-state index in [0.29, 0.717) is 11.3 Å². The van der Waals surface area contributed by atoms with Gasteiger partial charge in [0.15, 0.2) is 0 Å². The molecule has 34 heavy (non-hydrogen) atoms. The Hall–Kier alpha value is -4.51. The van der Waals surface area contributed by atoms with E-state index in [0.717, 1.165) is 49.4 Å². The lowest BCUT2D eigenvalue weighted by Crippen LogP contribution is -2.12. The normalized spacial score (nSPS) is 12.1. The third-order valence-corrected chi connectivity index (χ3v) is 5.93. The van der Waals surface area contributed by atoms with Gasteiger partial charge in [0.25, 0.3) is 0 Å². The number of methoxy groups -OCH3 is 1. The molecule has 0 N–H and O–H groups in total. The first-order valence-corrected chi connectivity index (χ1v) is 10.9.